The normalized spacial score (nSPS) is 17.4. The Morgan fingerprint density at radius 2 is 2.03 bits per heavy atom. The van der Waals surface area contributed by atoms with Crippen molar-refractivity contribution in [3.05, 3.63) is 35.8 Å². The van der Waals surface area contributed by atoms with Crippen molar-refractivity contribution in [1.29, 1.82) is 0 Å². The number of nitrogens with one attached hydrogen (secondary N) is 3. The lowest BCUT2D eigenvalue weighted by Gasteiger charge is -2.32. The maximum atomic E-state index is 13.1. The van der Waals surface area contributed by atoms with Crippen molar-refractivity contribution in [1.82, 2.24) is 35.1 Å². The highest BCUT2D eigenvalue weighted by molar-refractivity contribution is 5.52. The summed E-state index contributed by atoms with van der Waals surface area (Å²) < 4.78 is 13.1. The van der Waals surface area contributed by atoms with E-state index in [-0.39, 0.29) is 6.04 Å². The van der Waals surface area contributed by atoms with Crippen molar-refractivity contribution in [2.24, 2.45) is 11.7 Å². The molecule has 0 spiro atoms. The molecule has 0 aromatic carbocycles. The van der Waals surface area contributed by atoms with Crippen molar-refractivity contribution >= 4 is 23.7 Å². The summed E-state index contributed by atoms with van der Waals surface area (Å²) in [6.45, 7) is 6.03. The van der Waals surface area contributed by atoms with E-state index in [1.54, 1.807) is 0 Å². The monoisotopic (exact) mass is 427 g/mol. The molecule has 0 aliphatic carbocycles. The molecule has 2 atom stereocenters. The van der Waals surface area contributed by atoms with Crippen LogP contribution in [0.25, 0.3) is 0 Å². The molecule has 3 aromatic heterocycles. The molecule has 3 aromatic rings. The number of halogens is 1. The van der Waals surface area contributed by atoms with Crippen LogP contribution in [0.3, 0.4) is 0 Å². The fourth-order valence-corrected chi connectivity index (χ4v) is 3.47. The van der Waals surface area contributed by atoms with E-state index >= 15 is 0 Å². The van der Waals surface area contributed by atoms with Crippen LogP contribution in [-0.2, 0) is 0 Å². The third-order valence-electron chi connectivity index (χ3n) is 5.08. The second-order valence-electron chi connectivity index (χ2n) is 7.66. The first-order valence-corrected chi connectivity index (χ1v) is 10.2. The largest absolute Gasteiger partial charge is 0.344 e. The molecule has 0 saturated carbocycles. The van der Waals surface area contributed by atoms with Gasteiger partial charge in [0.25, 0.3) is 0 Å². The second kappa shape index (κ2) is 9.16. The SMILES string of the molecule is Cc1cc(Nc2nc(N[C@@H](C)c3ncc(F)cn3)nc(N3CCC[C@@H](CN)C3)n2)n[nH]1. The van der Waals surface area contributed by atoms with Crippen LogP contribution in [0.15, 0.2) is 18.5 Å². The summed E-state index contributed by atoms with van der Waals surface area (Å²) in [7, 11) is 0. The predicted molar refractivity (Wildman–Crippen MR) is 114 cm³/mol. The minimum absolute atomic E-state index is 0.338. The summed E-state index contributed by atoms with van der Waals surface area (Å²) in [4.78, 5) is 23.9. The Labute approximate surface area is 179 Å². The van der Waals surface area contributed by atoms with Gasteiger partial charge in [0, 0.05) is 24.8 Å². The molecule has 1 aliphatic heterocycles. The summed E-state index contributed by atoms with van der Waals surface area (Å²) >= 11 is 0. The Kier molecular flexibility index (Phi) is 6.16. The van der Waals surface area contributed by atoms with Gasteiger partial charge in [-0.1, -0.05) is 0 Å². The van der Waals surface area contributed by atoms with Gasteiger partial charge in [-0.15, -0.1) is 0 Å². The van der Waals surface area contributed by atoms with E-state index in [1.807, 2.05) is 19.9 Å². The quantitative estimate of drug-likeness (QED) is 0.441. The first kappa shape index (κ1) is 20.8. The summed E-state index contributed by atoms with van der Waals surface area (Å²) in [5.74, 6) is 2.22. The molecule has 0 amide bonds. The van der Waals surface area contributed by atoms with Gasteiger partial charge >= 0.3 is 0 Å². The van der Waals surface area contributed by atoms with Gasteiger partial charge in [-0.25, -0.2) is 14.4 Å². The van der Waals surface area contributed by atoms with Crippen LogP contribution in [-0.4, -0.2) is 54.8 Å². The topological polar surface area (TPSA) is 146 Å². The van der Waals surface area contributed by atoms with E-state index in [4.69, 9.17) is 5.73 Å². The molecular formula is C19H26FN11. The van der Waals surface area contributed by atoms with Crippen molar-refractivity contribution in [2.75, 3.05) is 35.2 Å². The zero-order valence-electron chi connectivity index (χ0n) is 17.5. The van der Waals surface area contributed by atoms with Gasteiger partial charge in [0.2, 0.25) is 17.8 Å². The van der Waals surface area contributed by atoms with Gasteiger partial charge in [0.1, 0.15) is 5.82 Å². The van der Waals surface area contributed by atoms with Gasteiger partial charge in [-0.05, 0) is 39.2 Å². The lowest BCUT2D eigenvalue weighted by molar-refractivity contribution is 0.419. The van der Waals surface area contributed by atoms with Gasteiger partial charge in [0.05, 0.1) is 18.4 Å². The lowest BCUT2D eigenvalue weighted by Crippen LogP contribution is -2.39. The third-order valence-corrected chi connectivity index (χ3v) is 5.08. The summed E-state index contributed by atoms with van der Waals surface area (Å²) in [6, 6.07) is 1.52. The highest BCUT2D eigenvalue weighted by Crippen LogP contribution is 2.24. The van der Waals surface area contributed by atoms with Crippen LogP contribution in [0.4, 0.5) is 28.1 Å². The average Bonchev–Trinajstić information content (AvgIpc) is 3.18. The average molecular weight is 427 g/mol. The summed E-state index contributed by atoms with van der Waals surface area (Å²) in [5.41, 5.74) is 6.81. The predicted octanol–water partition coefficient (Wildman–Crippen LogP) is 1.92. The maximum Gasteiger partial charge on any atom is 0.235 e. The molecule has 0 radical (unpaired) electrons. The molecule has 1 fully saturated rings. The standard InChI is InChI=1S/C19H26FN11/c1-11-6-15(30-29-11)25-18-26-17(24-12(2)16-22-8-14(20)9-23-16)27-19(28-18)31-5-3-4-13(7-21)10-31/h6,8-9,12-13H,3-5,7,10,21H2,1-2H3,(H3,24,25,26,27,28,29,30)/t12-,13-/m0/s1. The van der Waals surface area contributed by atoms with Crippen molar-refractivity contribution in [3.63, 3.8) is 0 Å². The molecule has 31 heavy (non-hydrogen) atoms. The number of nitrogens with zero attached hydrogens (tertiary/aromatic N) is 7. The Balaban J connectivity index is 1.61. The molecule has 1 saturated heterocycles. The van der Waals surface area contributed by atoms with Crippen LogP contribution in [0.2, 0.25) is 0 Å². The van der Waals surface area contributed by atoms with E-state index in [2.05, 4.69) is 50.7 Å². The van der Waals surface area contributed by atoms with E-state index in [0.717, 1.165) is 44.0 Å². The van der Waals surface area contributed by atoms with Crippen LogP contribution in [0.5, 0.6) is 0 Å². The van der Waals surface area contributed by atoms with E-state index < -0.39 is 5.82 Å². The number of hydrogen-bond acceptors (Lipinski definition) is 10. The highest BCUT2D eigenvalue weighted by Gasteiger charge is 2.23. The molecule has 1 aliphatic rings. The number of anilines is 4. The molecule has 4 rings (SSSR count). The van der Waals surface area contributed by atoms with Gasteiger partial charge < -0.3 is 21.3 Å². The lowest BCUT2D eigenvalue weighted by atomic mass is 9.99. The van der Waals surface area contributed by atoms with Crippen molar-refractivity contribution < 1.29 is 4.39 Å². The van der Waals surface area contributed by atoms with Crippen LogP contribution >= 0.6 is 0 Å². The highest BCUT2D eigenvalue weighted by atomic mass is 19.1. The Morgan fingerprint density at radius 3 is 2.74 bits per heavy atom. The molecular weight excluding hydrogens is 401 g/mol. The summed E-state index contributed by atoms with van der Waals surface area (Å²) in [6.07, 6.45) is 4.39. The van der Waals surface area contributed by atoms with Crippen molar-refractivity contribution in [2.45, 2.75) is 32.7 Å². The second-order valence-corrected chi connectivity index (χ2v) is 7.66. The molecule has 4 heterocycles. The summed E-state index contributed by atoms with van der Waals surface area (Å²) in [5, 5.41) is 13.4. The smallest absolute Gasteiger partial charge is 0.235 e. The van der Waals surface area contributed by atoms with Gasteiger partial charge in [0.15, 0.2) is 11.6 Å². The fourth-order valence-electron chi connectivity index (χ4n) is 3.47. The van der Waals surface area contributed by atoms with Crippen LogP contribution in [0, 0.1) is 18.7 Å². The molecule has 12 heteroatoms. The molecule has 11 nitrogen and oxygen atoms in total. The zero-order chi connectivity index (χ0) is 21.8. The first-order valence-electron chi connectivity index (χ1n) is 10.2. The van der Waals surface area contributed by atoms with Crippen molar-refractivity contribution in [3.8, 4) is 0 Å². The minimum atomic E-state index is -0.487. The number of aromatic nitrogens is 7. The Hall–Kier alpha value is -3.41. The molecule has 0 bridgehead atoms. The third kappa shape index (κ3) is 5.20. The Morgan fingerprint density at radius 1 is 1.26 bits per heavy atom. The van der Waals surface area contributed by atoms with E-state index in [9.17, 15) is 4.39 Å². The number of piperidine rings is 1. The minimum Gasteiger partial charge on any atom is -0.344 e. The van der Waals surface area contributed by atoms with Crippen LogP contribution < -0.4 is 21.3 Å². The fraction of sp³-hybridized carbons (Fsp3) is 0.474. The number of nitrogens with two attached hydrogens (primary N) is 1. The number of rotatable bonds is 7. The molecule has 5 N–H and O–H groups in total. The van der Waals surface area contributed by atoms with E-state index in [0.29, 0.717) is 41.9 Å². The van der Waals surface area contributed by atoms with Gasteiger partial charge in [-0.2, -0.15) is 20.1 Å². The zero-order valence-corrected chi connectivity index (χ0v) is 17.5. The Bertz CT molecular complexity index is 1010. The van der Waals surface area contributed by atoms with Gasteiger partial charge in [-0.3, -0.25) is 5.10 Å². The maximum absolute atomic E-state index is 13.1. The number of hydrogen-bond donors (Lipinski definition) is 4. The molecule has 0 unspecified atom stereocenters. The van der Waals surface area contributed by atoms with Crippen LogP contribution in [0.1, 0.15) is 37.3 Å². The first-order chi connectivity index (χ1) is 15.0. The van der Waals surface area contributed by atoms with E-state index in [1.165, 1.54) is 0 Å². The molecule has 164 valence electrons. The number of H-pyrrole nitrogens is 1. The number of aromatic amines is 1. The number of aryl methyl sites for hydroxylation is 1.